The third-order valence-electron chi connectivity index (χ3n) is 7.84. The number of allylic oxidation sites excluding steroid dienone is 1. The van der Waals surface area contributed by atoms with Gasteiger partial charge < -0.3 is 20.2 Å². The predicted octanol–water partition coefficient (Wildman–Crippen LogP) is 3.56. The first-order chi connectivity index (χ1) is 18.7. The van der Waals surface area contributed by atoms with Gasteiger partial charge in [-0.2, -0.15) is 4.98 Å². The molecule has 1 unspecified atom stereocenters. The second kappa shape index (κ2) is 9.62. The number of halogens is 1. The molecule has 1 saturated heterocycles. The third kappa shape index (κ3) is 4.49. The number of nitrogens with one attached hydrogen (secondary N) is 1. The van der Waals surface area contributed by atoms with Crippen LogP contribution < -0.4 is 15.8 Å². The Labute approximate surface area is 225 Å². The number of hydrogen-bond acceptors (Lipinski definition) is 7. The van der Waals surface area contributed by atoms with Crippen molar-refractivity contribution in [1.29, 1.82) is 0 Å². The number of fused-ring (bicyclic) bond motifs is 2. The molecule has 2 aromatic carbocycles. The Kier molecular flexibility index (Phi) is 6.23. The van der Waals surface area contributed by atoms with Crippen LogP contribution in [-0.4, -0.2) is 62.6 Å². The fraction of sp³-hybridized carbons (Fsp3) is 0.345. The molecule has 1 aliphatic heterocycles. The second-order valence-corrected chi connectivity index (χ2v) is 10.6. The number of anilines is 3. The maximum absolute atomic E-state index is 15.2. The fourth-order valence-corrected chi connectivity index (χ4v) is 5.57. The van der Waals surface area contributed by atoms with Crippen LogP contribution in [0.5, 0.6) is 0 Å². The number of aromatic nitrogens is 4. The zero-order chi connectivity index (χ0) is 27.3. The highest BCUT2D eigenvalue weighted by atomic mass is 19.1. The Morgan fingerprint density at radius 2 is 1.90 bits per heavy atom. The summed E-state index contributed by atoms with van der Waals surface area (Å²) >= 11 is 0. The van der Waals surface area contributed by atoms with E-state index in [2.05, 4.69) is 50.8 Å². The number of aliphatic hydroxyl groups is 1. The number of piperazine rings is 1. The van der Waals surface area contributed by atoms with Gasteiger partial charge in [-0.05, 0) is 74.3 Å². The van der Waals surface area contributed by atoms with Gasteiger partial charge in [0, 0.05) is 43.8 Å². The highest BCUT2D eigenvalue weighted by molar-refractivity contribution is 5.77. The topological polar surface area (TPSA) is 91.5 Å². The molecule has 0 spiro atoms. The zero-order valence-corrected chi connectivity index (χ0v) is 22.2. The van der Waals surface area contributed by atoms with Crippen molar-refractivity contribution < 1.29 is 9.50 Å². The van der Waals surface area contributed by atoms with Gasteiger partial charge in [0.15, 0.2) is 5.65 Å². The van der Waals surface area contributed by atoms with Crippen molar-refractivity contribution >= 4 is 28.4 Å². The van der Waals surface area contributed by atoms with E-state index in [-0.39, 0.29) is 12.1 Å². The molecule has 1 fully saturated rings. The summed E-state index contributed by atoms with van der Waals surface area (Å²) in [7, 11) is 2.14. The fourth-order valence-electron chi connectivity index (χ4n) is 5.57. The van der Waals surface area contributed by atoms with Crippen LogP contribution in [0.1, 0.15) is 24.5 Å². The van der Waals surface area contributed by atoms with Gasteiger partial charge in [0.25, 0.3) is 5.56 Å². The van der Waals surface area contributed by atoms with E-state index in [4.69, 9.17) is 0 Å². The smallest absolute Gasteiger partial charge is 0.278 e. The summed E-state index contributed by atoms with van der Waals surface area (Å²) in [5, 5.41) is 14.4. The number of hydrogen-bond donors (Lipinski definition) is 2. The number of rotatable bonds is 6. The molecule has 4 aromatic rings. The molecule has 2 N–H and O–H groups in total. The molecule has 10 heteroatoms. The summed E-state index contributed by atoms with van der Waals surface area (Å²) in [4.78, 5) is 27.0. The van der Waals surface area contributed by atoms with Gasteiger partial charge in [-0.1, -0.05) is 6.08 Å². The highest BCUT2D eigenvalue weighted by Crippen LogP contribution is 2.39. The molecular weight excluding hydrogens is 497 g/mol. The summed E-state index contributed by atoms with van der Waals surface area (Å²) in [5.41, 5.74) is 2.31. The van der Waals surface area contributed by atoms with E-state index >= 15 is 4.39 Å². The van der Waals surface area contributed by atoms with E-state index in [9.17, 15) is 9.90 Å². The van der Waals surface area contributed by atoms with Crippen molar-refractivity contribution in [2.75, 3.05) is 43.4 Å². The lowest BCUT2D eigenvalue weighted by atomic mass is 9.98. The lowest BCUT2D eigenvalue weighted by Gasteiger charge is -2.34. The first kappa shape index (κ1) is 25.3. The van der Waals surface area contributed by atoms with Crippen molar-refractivity contribution in [3.05, 3.63) is 82.5 Å². The molecule has 39 heavy (non-hydrogen) atoms. The quantitative estimate of drug-likeness (QED) is 0.369. The van der Waals surface area contributed by atoms with Crippen LogP contribution in [0.2, 0.25) is 0 Å². The van der Waals surface area contributed by atoms with Gasteiger partial charge >= 0.3 is 0 Å². The highest BCUT2D eigenvalue weighted by Gasteiger charge is 2.35. The minimum Gasteiger partial charge on any atom is -0.385 e. The number of benzene rings is 2. The molecular formula is C29H32FN7O2. The Hall–Kier alpha value is -4.02. The maximum Gasteiger partial charge on any atom is 0.278 e. The summed E-state index contributed by atoms with van der Waals surface area (Å²) in [6, 6.07) is 11.2. The third-order valence-corrected chi connectivity index (χ3v) is 7.84. The van der Waals surface area contributed by atoms with Gasteiger partial charge in [-0.25, -0.2) is 18.7 Å². The van der Waals surface area contributed by atoms with Gasteiger partial charge in [0.05, 0.1) is 17.8 Å². The van der Waals surface area contributed by atoms with E-state index < -0.39 is 11.4 Å². The molecule has 6 rings (SSSR count). The average molecular weight is 530 g/mol. The summed E-state index contributed by atoms with van der Waals surface area (Å²) in [6.07, 6.45) is 4.00. The predicted molar refractivity (Wildman–Crippen MR) is 151 cm³/mol. The molecule has 0 amide bonds. The van der Waals surface area contributed by atoms with E-state index in [0.29, 0.717) is 46.6 Å². The lowest BCUT2D eigenvalue weighted by Crippen LogP contribution is -2.44. The van der Waals surface area contributed by atoms with E-state index in [0.717, 1.165) is 37.6 Å². The first-order valence-electron chi connectivity index (χ1n) is 13.2. The maximum atomic E-state index is 15.2. The largest absolute Gasteiger partial charge is 0.385 e. The first-order valence-corrected chi connectivity index (χ1v) is 13.2. The van der Waals surface area contributed by atoms with Crippen molar-refractivity contribution in [1.82, 2.24) is 24.2 Å². The minimum atomic E-state index is -1.14. The SMILES string of the molecule is C=CCn1c(=O)c2cnc(Nc3ccc(N4CCN(C)CC4)cc3)nc2n1-c1cc(F)c2c(c1)C(C)(O)CC2. The van der Waals surface area contributed by atoms with E-state index in [1.807, 2.05) is 12.1 Å². The van der Waals surface area contributed by atoms with Crippen LogP contribution in [0.15, 0.2) is 60.0 Å². The van der Waals surface area contributed by atoms with Crippen LogP contribution in [0.25, 0.3) is 16.7 Å². The zero-order valence-electron chi connectivity index (χ0n) is 22.2. The van der Waals surface area contributed by atoms with Crippen LogP contribution in [0.3, 0.4) is 0 Å². The van der Waals surface area contributed by atoms with Crippen LogP contribution in [0.4, 0.5) is 21.7 Å². The molecule has 1 atom stereocenters. The van der Waals surface area contributed by atoms with Gasteiger partial charge in [-0.15, -0.1) is 6.58 Å². The minimum absolute atomic E-state index is 0.195. The van der Waals surface area contributed by atoms with Crippen molar-refractivity contribution in [2.24, 2.45) is 0 Å². The van der Waals surface area contributed by atoms with Gasteiger partial charge in [0.1, 0.15) is 11.2 Å². The molecule has 2 aliphatic rings. The van der Waals surface area contributed by atoms with E-state index in [1.165, 1.54) is 16.9 Å². The molecule has 0 radical (unpaired) electrons. The monoisotopic (exact) mass is 529 g/mol. The normalized spacial score (nSPS) is 19.4. The molecule has 0 saturated carbocycles. The summed E-state index contributed by atoms with van der Waals surface area (Å²) in [6.45, 7) is 9.70. The van der Waals surface area contributed by atoms with Crippen molar-refractivity contribution in [3.63, 3.8) is 0 Å². The number of likely N-dealkylation sites (N-methyl/N-ethyl adjacent to an activating group) is 1. The number of nitrogens with zero attached hydrogens (tertiary/aromatic N) is 6. The molecule has 9 nitrogen and oxygen atoms in total. The van der Waals surface area contributed by atoms with Crippen LogP contribution in [-0.2, 0) is 18.6 Å². The van der Waals surface area contributed by atoms with Crippen molar-refractivity contribution in [2.45, 2.75) is 31.9 Å². The van der Waals surface area contributed by atoms with E-state index in [1.54, 1.807) is 23.7 Å². The van der Waals surface area contributed by atoms with Gasteiger partial charge in [0.2, 0.25) is 5.95 Å². The summed E-state index contributed by atoms with van der Waals surface area (Å²) in [5.74, 6) is -0.0967. The Morgan fingerprint density at radius 1 is 1.15 bits per heavy atom. The molecule has 3 heterocycles. The second-order valence-electron chi connectivity index (χ2n) is 10.6. The Morgan fingerprint density at radius 3 is 2.62 bits per heavy atom. The Balaban J connectivity index is 1.38. The molecule has 1 aliphatic carbocycles. The molecule has 202 valence electrons. The molecule has 0 bridgehead atoms. The molecule has 2 aromatic heterocycles. The van der Waals surface area contributed by atoms with Crippen molar-refractivity contribution in [3.8, 4) is 5.69 Å². The lowest BCUT2D eigenvalue weighted by molar-refractivity contribution is 0.0594. The Bertz CT molecular complexity index is 1620. The average Bonchev–Trinajstić information content (AvgIpc) is 3.38. The van der Waals surface area contributed by atoms with Crippen LogP contribution in [0, 0.1) is 5.82 Å². The standard InChI is InChI=1S/C29H32FN7O2/c1-4-11-36-27(38)23-18-31-28(32-19-5-7-20(8-6-19)35-14-12-34(3)13-15-35)33-26(23)37(36)21-16-24-22(25(30)17-21)9-10-29(24,2)39/h4-8,16-18,39H,1,9-15H2,2-3H3,(H,31,32,33). The van der Waals surface area contributed by atoms with Crippen LogP contribution >= 0.6 is 0 Å². The van der Waals surface area contributed by atoms with Gasteiger partial charge in [-0.3, -0.25) is 4.79 Å². The summed E-state index contributed by atoms with van der Waals surface area (Å²) < 4.78 is 18.2.